The Hall–Kier alpha value is -2.69. The monoisotopic (exact) mass is 459 g/mol. The molecule has 10 heteroatoms. The number of hydrogen-bond acceptors (Lipinski definition) is 7. The molecule has 2 aliphatic heterocycles. The average molecular weight is 460 g/mol. The zero-order valence-electron chi connectivity index (χ0n) is 18.3. The predicted octanol–water partition coefficient (Wildman–Crippen LogP) is 1.07. The summed E-state index contributed by atoms with van der Waals surface area (Å²) in [5.41, 5.74) is 5.86. The Labute approximate surface area is 188 Å². The molecule has 1 fully saturated rings. The highest BCUT2D eigenvalue weighted by molar-refractivity contribution is 7.89. The second-order valence-corrected chi connectivity index (χ2v) is 10.6. The minimum atomic E-state index is -3.66. The molecule has 0 aliphatic carbocycles. The lowest BCUT2D eigenvalue weighted by molar-refractivity contribution is -0.129. The highest BCUT2D eigenvalue weighted by Gasteiger charge is 2.37. The van der Waals surface area contributed by atoms with Crippen LogP contribution in [0.5, 0.6) is 5.75 Å². The van der Waals surface area contributed by atoms with Gasteiger partial charge in [0.15, 0.2) is 0 Å². The van der Waals surface area contributed by atoms with Crippen LogP contribution in [0.1, 0.15) is 19.4 Å². The van der Waals surface area contributed by atoms with Crippen molar-refractivity contribution in [3.05, 3.63) is 48.2 Å². The summed E-state index contributed by atoms with van der Waals surface area (Å²) < 4.78 is 33.4. The smallest absolute Gasteiger partial charge is 0.244 e. The summed E-state index contributed by atoms with van der Waals surface area (Å²) in [5.74, 6) is 1.08. The van der Waals surface area contributed by atoms with Gasteiger partial charge in [-0.1, -0.05) is 18.2 Å². The maximum atomic E-state index is 13.0. The first-order valence-electron chi connectivity index (χ1n) is 10.7. The molecule has 1 aromatic heterocycles. The summed E-state index contributed by atoms with van der Waals surface area (Å²) in [6.07, 6.45) is 2.22. The van der Waals surface area contributed by atoms with E-state index in [-0.39, 0.29) is 11.0 Å². The minimum Gasteiger partial charge on any atom is -0.488 e. The molecular formula is C22H29N5O4S. The van der Waals surface area contributed by atoms with E-state index in [0.717, 1.165) is 12.2 Å². The Kier molecular flexibility index (Phi) is 6.11. The van der Waals surface area contributed by atoms with Gasteiger partial charge in [-0.15, -0.1) is 0 Å². The number of hydrogen-bond donors (Lipinski definition) is 2. The maximum absolute atomic E-state index is 13.0. The summed E-state index contributed by atoms with van der Waals surface area (Å²) in [6, 6.07) is 11.2. The third-order valence-electron chi connectivity index (χ3n) is 6.23. The molecule has 1 unspecified atom stereocenters. The van der Waals surface area contributed by atoms with E-state index in [4.69, 9.17) is 10.5 Å². The van der Waals surface area contributed by atoms with Crippen LogP contribution in [-0.2, 0) is 21.2 Å². The van der Waals surface area contributed by atoms with Gasteiger partial charge in [0.2, 0.25) is 15.9 Å². The largest absolute Gasteiger partial charge is 0.488 e. The Bertz CT molecular complexity index is 1050. The van der Waals surface area contributed by atoms with Gasteiger partial charge < -0.3 is 15.8 Å². The molecule has 3 heterocycles. The number of aromatic nitrogens is 1. The first-order valence-corrected chi connectivity index (χ1v) is 12.1. The molecule has 9 nitrogen and oxygen atoms in total. The Morgan fingerprint density at radius 2 is 1.91 bits per heavy atom. The number of piperazine rings is 1. The highest BCUT2D eigenvalue weighted by Crippen LogP contribution is 2.28. The molecule has 1 aromatic carbocycles. The van der Waals surface area contributed by atoms with Crippen molar-refractivity contribution in [2.24, 2.45) is 5.73 Å². The summed E-state index contributed by atoms with van der Waals surface area (Å²) in [7, 11) is -3.66. The topological polar surface area (TPSA) is 118 Å². The second-order valence-electron chi connectivity index (χ2n) is 8.63. The van der Waals surface area contributed by atoms with E-state index in [1.54, 1.807) is 26.0 Å². The third kappa shape index (κ3) is 4.43. The van der Waals surface area contributed by atoms with E-state index in [1.807, 2.05) is 23.1 Å². The van der Waals surface area contributed by atoms with Gasteiger partial charge in [0.05, 0.1) is 12.1 Å². The molecule has 0 saturated carbocycles. The quantitative estimate of drug-likeness (QED) is 0.636. The molecule has 1 amide bonds. The van der Waals surface area contributed by atoms with Crippen LogP contribution in [0.2, 0.25) is 0 Å². The molecule has 0 bridgehead atoms. The van der Waals surface area contributed by atoms with Crippen LogP contribution in [0.25, 0.3) is 0 Å². The first kappa shape index (κ1) is 22.5. The number of fused-ring (bicyclic) bond motifs is 1. The number of nitrogens with zero attached hydrogens (tertiary/aromatic N) is 3. The average Bonchev–Trinajstić information content (AvgIpc) is 3.21. The molecule has 4 rings (SSSR count). The molecule has 1 saturated heterocycles. The van der Waals surface area contributed by atoms with Crippen molar-refractivity contribution in [2.75, 3.05) is 38.0 Å². The van der Waals surface area contributed by atoms with Gasteiger partial charge in [-0.2, -0.15) is 4.31 Å². The number of amides is 1. The maximum Gasteiger partial charge on any atom is 0.244 e. The van der Waals surface area contributed by atoms with Gasteiger partial charge in [-0.25, -0.2) is 13.4 Å². The number of para-hydroxylation sites is 1. The van der Waals surface area contributed by atoms with Gasteiger partial charge in [0.1, 0.15) is 22.6 Å². The van der Waals surface area contributed by atoms with E-state index in [9.17, 15) is 13.2 Å². The van der Waals surface area contributed by atoms with Crippen molar-refractivity contribution in [3.63, 3.8) is 0 Å². The number of nitrogens with one attached hydrogen (secondary N) is 1. The molecule has 3 N–H and O–H groups in total. The molecule has 1 atom stereocenters. The fourth-order valence-corrected chi connectivity index (χ4v) is 5.38. The number of sulfonamides is 1. The summed E-state index contributed by atoms with van der Waals surface area (Å²) >= 11 is 0. The van der Waals surface area contributed by atoms with Crippen LogP contribution in [0.4, 0.5) is 5.82 Å². The third-order valence-corrected chi connectivity index (χ3v) is 8.11. The van der Waals surface area contributed by atoms with E-state index in [2.05, 4.69) is 16.4 Å². The zero-order chi connectivity index (χ0) is 22.9. The van der Waals surface area contributed by atoms with Crippen molar-refractivity contribution in [3.8, 4) is 5.75 Å². The van der Waals surface area contributed by atoms with Crippen molar-refractivity contribution in [2.45, 2.75) is 36.8 Å². The van der Waals surface area contributed by atoms with Crippen LogP contribution in [0, 0.1) is 0 Å². The lowest BCUT2D eigenvalue weighted by atomic mass is 10.0. The lowest BCUT2D eigenvalue weighted by Gasteiger charge is -2.41. The van der Waals surface area contributed by atoms with E-state index in [0.29, 0.717) is 38.5 Å². The van der Waals surface area contributed by atoms with Crippen molar-refractivity contribution >= 4 is 21.7 Å². The van der Waals surface area contributed by atoms with Gasteiger partial charge in [-0.3, -0.25) is 9.69 Å². The minimum absolute atomic E-state index is 0.0126. The normalized spacial score (nSPS) is 19.9. The van der Waals surface area contributed by atoms with Gasteiger partial charge in [-0.05, 0) is 37.6 Å². The van der Waals surface area contributed by atoms with Gasteiger partial charge in [0, 0.05) is 38.8 Å². The van der Waals surface area contributed by atoms with E-state index in [1.165, 1.54) is 16.1 Å². The number of ether oxygens (including phenoxy) is 1. The Balaban J connectivity index is 1.33. The van der Waals surface area contributed by atoms with Gasteiger partial charge >= 0.3 is 0 Å². The second kappa shape index (κ2) is 8.68. The predicted molar refractivity (Wildman–Crippen MR) is 121 cm³/mol. The Morgan fingerprint density at radius 3 is 2.53 bits per heavy atom. The van der Waals surface area contributed by atoms with Crippen molar-refractivity contribution < 1.29 is 17.9 Å². The molecule has 2 aromatic rings. The summed E-state index contributed by atoms with van der Waals surface area (Å²) in [6.45, 7) is 5.54. The number of anilines is 1. The fourth-order valence-electron chi connectivity index (χ4n) is 4.02. The first-order chi connectivity index (χ1) is 15.2. The number of carbonyl (C=O) groups is 1. The number of rotatable bonds is 7. The van der Waals surface area contributed by atoms with Crippen LogP contribution >= 0.6 is 0 Å². The number of carbonyl (C=O) groups excluding carboxylic acids is 1. The molecule has 0 spiro atoms. The molecule has 2 aliphatic rings. The standard InChI is InChI=1S/C22H29N5O4S/c1-22(2,21(23)28)26-9-11-27(12-10-26)32(29,30)18-7-8-20(25-15-18)24-14-17-13-16-5-3-4-6-19(16)31-17/h3-8,15,17H,9-14H2,1-2H3,(H2,23,28)(H,24,25). The number of pyridine rings is 1. The molecule has 172 valence electrons. The van der Waals surface area contributed by atoms with Crippen LogP contribution < -0.4 is 15.8 Å². The lowest BCUT2D eigenvalue weighted by Crippen LogP contribution is -2.60. The van der Waals surface area contributed by atoms with E-state index >= 15 is 0 Å². The number of benzene rings is 1. The number of primary amides is 1. The summed E-state index contributed by atoms with van der Waals surface area (Å²) in [4.78, 5) is 18.0. The van der Waals surface area contributed by atoms with Crippen molar-refractivity contribution in [1.82, 2.24) is 14.2 Å². The number of nitrogens with two attached hydrogens (primary N) is 1. The van der Waals surface area contributed by atoms with Crippen molar-refractivity contribution in [1.29, 1.82) is 0 Å². The van der Waals surface area contributed by atoms with E-state index < -0.39 is 21.5 Å². The molecular weight excluding hydrogens is 430 g/mol. The molecule has 0 radical (unpaired) electrons. The fraction of sp³-hybridized carbons (Fsp3) is 0.455. The SMILES string of the molecule is CC(C)(C(N)=O)N1CCN(S(=O)(=O)c2ccc(NCC3Cc4ccccc4O3)nc2)CC1. The highest BCUT2D eigenvalue weighted by atomic mass is 32.2. The Morgan fingerprint density at radius 1 is 1.19 bits per heavy atom. The van der Waals surface area contributed by atoms with Crippen LogP contribution in [0.3, 0.4) is 0 Å². The van der Waals surface area contributed by atoms with Crippen LogP contribution in [-0.4, -0.2) is 72.9 Å². The summed E-state index contributed by atoms with van der Waals surface area (Å²) in [5, 5.41) is 3.22. The zero-order valence-corrected chi connectivity index (χ0v) is 19.1. The van der Waals surface area contributed by atoms with Gasteiger partial charge in [0.25, 0.3) is 0 Å². The van der Waals surface area contributed by atoms with Crippen LogP contribution in [0.15, 0.2) is 47.5 Å². The molecule has 32 heavy (non-hydrogen) atoms.